The normalized spacial score (nSPS) is 13.6. The summed E-state index contributed by atoms with van der Waals surface area (Å²) in [5.41, 5.74) is 4.00. The first-order valence-corrected chi connectivity index (χ1v) is 9.62. The number of carbonyl (C=O) groups is 1. The molecule has 0 amide bonds. The highest BCUT2D eigenvalue weighted by Gasteiger charge is 2.33. The molecule has 0 radical (unpaired) electrons. The van der Waals surface area contributed by atoms with Crippen LogP contribution in [0.5, 0.6) is 5.75 Å². The van der Waals surface area contributed by atoms with Gasteiger partial charge in [-0.15, -0.1) is 0 Å². The molecule has 28 heavy (non-hydrogen) atoms. The van der Waals surface area contributed by atoms with Crippen molar-refractivity contribution in [3.63, 3.8) is 0 Å². The molecular formula is C22H26FNO4. The number of hydrogen-bond acceptors (Lipinski definition) is 5. The minimum atomic E-state index is -0.780. The van der Waals surface area contributed by atoms with Gasteiger partial charge in [0.2, 0.25) is 0 Å². The van der Waals surface area contributed by atoms with Crippen molar-refractivity contribution in [2.45, 2.75) is 52.1 Å². The number of rotatable bonds is 7. The van der Waals surface area contributed by atoms with Crippen molar-refractivity contribution >= 4 is 6.16 Å². The summed E-state index contributed by atoms with van der Waals surface area (Å²) in [4.78, 5) is 17.0. The molecule has 1 heterocycles. The number of aromatic nitrogens is 1. The fourth-order valence-corrected chi connectivity index (χ4v) is 3.27. The molecule has 0 bridgehead atoms. The van der Waals surface area contributed by atoms with Gasteiger partial charge < -0.3 is 14.2 Å². The average Bonchev–Trinajstić information content (AvgIpc) is 3.48. The zero-order valence-electron chi connectivity index (χ0n) is 16.8. The molecule has 1 aromatic heterocycles. The number of halogens is 1. The van der Waals surface area contributed by atoms with Gasteiger partial charge in [-0.1, -0.05) is 26.0 Å². The van der Waals surface area contributed by atoms with Crippen molar-refractivity contribution < 1.29 is 23.4 Å². The zero-order valence-corrected chi connectivity index (χ0v) is 16.8. The van der Waals surface area contributed by atoms with Gasteiger partial charge in [0.05, 0.1) is 24.6 Å². The van der Waals surface area contributed by atoms with E-state index in [1.54, 1.807) is 26.2 Å². The first-order chi connectivity index (χ1) is 13.5. The van der Waals surface area contributed by atoms with Crippen LogP contribution in [0.2, 0.25) is 0 Å². The van der Waals surface area contributed by atoms with Crippen LogP contribution in [-0.2, 0) is 16.1 Å². The fraction of sp³-hybridized carbons (Fsp3) is 0.455. The number of hydrogen-bond donors (Lipinski definition) is 0. The van der Waals surface area contributed by atoms with Crippen LogP contribution >= 0.6 is 0 Å². The highest BCUT2D eigenvalue weighted by Crippen LogP contribution is 2.47. The minimum absolute atomic E-state index is 0.0257. The zero-order chi connectivity index (χ0) is 20.3. The van der Waals surface area contributed by atoms with Crippen molar-refractivity contribution in [2.24, 2.45) is 0 Å². The van der Waals surface area contributed by atoms with Crippen molar-refractivity contribution in [3.8, 4) is 16.9 Å². The predicted octanol–water partition coefficient (Wildman–Crippen LogP) is 5.57. The van der Waals surface area contributed by atoms with E-state index < -0.39 is 6.16 Å². The van der Waals surface area contributed by atoms with E-state index in [0.29, 0.717) is 24.0 Å². The molecule has 0 aliphatic heterocycles. The van der Waals surface area contributed by atoms with Crippen LogP contribution in [0, 0.1) is 5.82 Å². The molecule has 5 nitrogen and oxygen atoms in total. The van der Waals surface area contributed by atoms with Gasteiger partial charge in [-0.2, -0.15) is 0 Å². The lowest BCUT2D eigenvalue weighted by atomic mass is 9.93. The van der Waals surface area contributed by atoms with Gasteiger partial charge in [-0.3, -0.25) is 4.98 Å². The molecule has 150 valence electrons. The minimum Gasteiger partial charge on any atom is -0.434 e. The Morgan fingerprint density at radius 1 is 1.25 bits per heavy atom. The molecule has 2 aromatic rings. The van der Waals surface area contributed by atoms with E-state index in [0.717, 1.165) is 35.2 Å². The Bertz CT molecular complexity index is 845. The van der Waals surface area contributed by atoms with Gasteiger partial charge in [-0.25, -0.2) is 9.18 Å². The van der Waals surface area contributed by atoms with E-state index in [2.05, 4.69) is 0 Å². The van der Waals surface area contributed by atoms with E-state index in [-0.39, 0.29) is 18.3 Å². The third kappa shape index (κ3) is 4.33. The summed E-state index contributed by atoms with van der Waals surface area (Å²) >= 11 is 0. The Morgan fingerprint density at radius 2 is 1.93 bits per heavy atom. The summed E-state index contributed by atoms with van der Waals surface area (Å²) in [7, 11) is 1.62. The Morgan fingerprint density at radius 3 is 2.46 bits per heavy atom. The van der Waals surface area contributed by atoms with E-state index in [4.69, 9.17) is 19.2 Å². The summed E-state index contributed by atoms with van der Waals surface area (Å²) in [6.45, 7) is 6.25. The molecule has 6 heteroatoms. The molecular weight excluding hydrogens is 361 g/mol. The van der Waals surface area contributed by atoms with Crippen LogP contribution < -0.4 is 4.74 Å². The molecule has 1 fully saturated rings. The van der Waals surface area contributed by atoms with Crippen LogP contribution in [0.3, 0.4) is 0 Å². The highest BCUT2D eigenvalue weighted by molar-refractivity contribution is 5.79. The summed E-state index contributed by atoms with van der Waals surface area (Å²) in [5.74, 6) is 0.429. The van der Waals surface area contributed by atoms with Gasteiger partial charge >= 0.3 is 6.16 Å². The smallest absolute Gasteiger partial charge is 0.434 e. The summed E-state index contributed by atoms with van der Waals surface area (Å²) in [6.07, 6.45) is 1.36. The van der Waals surface area contributed by atoms with Crippen LogP contribution in [0.1, 0.15) is 62.4 Å². The Kier molecular flexibility index (Phi) is 6.29. The van der Waals surface area contributed by atoms with Crippen molar-refractivity contribution in [2.75, 3.05) is 13.7 Å². The second kappa shape index (κ2) is 8.69. The summed E-state index contributed by atoms with van der Waals surface area (Å²) in [5, 5.41) is 0. The molecule has 0 N–H and O–H groups in total. The average molecular weight is 387 g/mol. The molecule has 3 rings (SSSR count). The maximum Gasteiger partial charge on any atom is 0.513 e. The molecule has 1 aromatic carbocycles. The molecule has 0 unspecified atom stereocenters. The molecule has 0 saturated heterocycles. The highest BCUT2D eigenvalue weighted by atomic mass is 19.1. The van der Waals surface area contributed by atoms with Crippen molar-refractivity contribution in [3.05, 3.63) is 47.0 Å². The molecule has 1 saturated carbocycles. The largest absolute Gasteiger partial charge is 0.513 e. The van der Waals surface area contributed by atoms with Gasteiger partial charge in [0.25, 0.3) is 0 Å². The number of carbonyl (C=O) groups excluding carboxylic acids is 1. The first-order valence-electron chi connectivity index (χ1n) is 9.62. The first kappa shape index (κ1) is 20.3. The standard InChI is InChI=1S/C22H26FNO4/c1-5-27-22(25)28-21-18(14-8-10-16(23)11-9-14)17(12-26-4)20(15-6-7-15)24-19(21)13(2)3/h8-11,13,15H,5-7,12H2,1-4H3. The third-order valence-corrected chi connectivity index (χ3v) is 4.69. The SMILES string of the molecule is CCOC(=O)Oc1c(C(C)C)nc(C2CC2)c(COC)c1-c1ccc(F)cc1. The van der Waals surface area contributed by atoms with Gasteiger partial charge in [0.15, 0.2) is 5.75 Å². The third-order valence-electron chi connectivity index (χ3n) is 4.69. The predicted molar refractivity (Wildman–Crippen MR) is 104 cm³/mol. The van der Waals surface area contributed by atoms with Gasteiger partial charge in [-0.05, 0) is 43.4 Å². The van der Waals surface area contributed by atoms with Crippen molar-refractivity contribution in [1.82, 2.24) is 4.98 Å². The van der Waals surface area contributed by atoms with Crippen LogP contribution in [0.4, 0.5) is 9.18 Å². The Balaban J connectivity index is 2.27. The summed E-state index contributed by atoms with van der Waals surface area (Å²) in [6, 6.07) is 6.16. The lowest BCUT2D eigenvalue weighted by molar-refractivity contribution is 0.103. The van der Waals surface area contributed by atoms with E-state index in [1.807, 2.05) is 13.8 Å². The fourth-order valence-electron chi connectivity index (χ4n) is 3.27. The molecule has 0 atom stereocenters. The Labute approximate surface area is 164 Å². The van der Waals surface area contributed by atoms with Crippen LogP contribution in [0.25, 0.3) is 11.1 Å². The quantitative estimate of drug-likeness (QED) is 0.581. The number of pyridine rings is 1. The lowest BCUT2D eigenvalue weighted by Crippen LogP contribution is -2.16. The number of methoxy groups -OCH3 is 1. The van der Waals surface area contributed by atoms with Crippen LogP contribution in [-0.4, -0.2) is 24.9 Å². The monoisotopic (exact) mass is 387 g/mol. The molecule has 1 aliphatic carbocycles. The second-order valence-corrected chi connectivity index (χ2v) is 7.22. The summed E-state index contributed by atoms with van der Waals surface area (Å²) < 4.78 is 29.6. The van der Waals surface area contributed by atoms with Crippen LogP contribution in [0.15, 0.2) is 24.3 Å². The van der Waals surface area contributed by atoms with Crippen molar-refractivity contribution in [1.29, 1.82) is 0 Å². The van der Waals surface area contributed by atoms with E-state index in [1.165, 1.54) is 12.1 Å². The van der Waals surface area contributed by atoms with Gasteiger partial charge in [0.1, 0.15) is 5.82 Å². The number of nitrogens with zero attached hydrogens (tertiary/aromatic N) is 1. The number of ether oxygens (including phenoxy) is 3. The molecule has 0 spiro atoms. The lowest BCUT2D eigenvalue weighted by Gasteiger charge is -2.22. The Hall–Kier alpha value is -2.47. The van der Waals surface area contributed by atoms with Gasteiger partial charge in [0, 0.05) is 24.2 Å². The maximum atomic E-state index is 13.5. The van der Waals surface area contributed by atoms with E-state index in [9.17, 15) is 9.18 Å². The number of benzene rings is 1. The topological polar surface area (TPSA) is 57.7 Å². The second-order valence-electron chi connectivity index (χ2n) is 7.22. The molecule has 1 aliphatic rings. The van der Waals surface area contributed by atoms with E-state index >= 15 is 0 Å². The maximum absolute atomic E-state index is 13.5.